The van der Waals surface area contributed by atoms with Crippen molar-refractivity contribution in [2.24, 2.45) is 0 Å². The fraction of sp³-hybridized carbons (Fsp3) is 0.436. The Bertz CT molecular complexity index is 1530. The van der Waals surface area contributed by atoms with E-state index in [4.69, 9.17) is 0 Å². The number of aryl methyl sites for hydroxylation is 1. The molecule has 0 unspecified atom stereocenters. The molecule has 4 aliphatic carbocycles. The van der Waals surface area contributed by atoms with E-state index in [-0.39, 0.29) is 0 Å². The summed E-state index contributed by atoms with van der Waals surface area (Å²) in [6.45, 7) is 6.93. The van der Waals surface area contributed by atoms with Crippen LogP contribution in [-0.2, 0) is 6.42 Å². The van der Waals surface area contributed by atoms with Crippen LogP contribution in [0.25, 0.3) is 38.6 Å². The van der Waals surface area contributed by atoms with Crippen molar-refractivity contribution < 1.29 is 0 Å². The Labute approximate surface area is 235 Å². The van der Waals surface area contributed by atoms with Crippen LogP contribution in [0.15, 0.2) is 60.2 Å². The van der Waals surface area contributed by atoms with E-state index in [0.717, 1.165) is 12.8 Å². The summed E-state index contributed by atoms with van der Waals surface area (Å²) < 4.78 is 0. The van der Waals surface area contributed by atoms with E-state index in [0.29, 0.717) is 11.8 Å². The van der Waals surface area contributed by atoms with Crippen molar-refractivity contribution in [3.63, 3.8) is 0 Å². The molecule has 2 fully saturated rings. The van der Waals surface area contributed by atoms with Crippen molar-refractivity contribution in [3.8, 4) is 22.3 Å². The highest BCUT2D eigenvalue weighted by Gasteiger charge is 2.37. The summed E-state index contributed by atoms with van der Waals surface area (Å²) in [7, 11) is 0. The first kappa shape index (κ1) is 25.1. The molecule has 7 rings (SSSR count). The van der Waals surface area contributed by atoms with Gasteiger partial charge in [-0.1, -0.05) is 98.7 Å². The third kappa shape index (κ3) is 4.09. The number of fused-ring (bicyclic) bond motifs is 4. The Morgan fingerprint density at radius 1 is 0.718 bits per heavy atom. The Morgan fingerprint density at radius 3 is 2.10 bits per heavy atom. The Kier molecular flexibility index (Phi) is 6.62. The monoisotopic (exact) mass is 512 g/mol. The van der Waals surface area contributed by atoms with Gasteiger partial charge in [-0.3, -0.25) is 0 Å². The molecule has 0 heteroatoms. The molecule has 0 spiro atoms. The molecule has 0 aliphatic heterocycles. The van der Waals surface area contributed by atoms with Crippen LogP contribution in [0.2, 0.25) is 0 Å². The average molecular weight is 513 g/mol. The summed E-state index contributed by atoms with van der Waals surface area (Å²) in [4.78, 5) is 0. The van der Waals surface area contributed by atoms with Gasteiger partial charge < -0.3 is 0 Å². The topological polar surface area (TPSA) is 0 Å². The van der Waals surface area contributed by atoms with E-state index in [2.05, 4.69) is 75.4 Å². The van der Waals surface area contributed by atoms with Gasteiger partial charge in [-0.05, 0) is 138 Å². The summed E-state index contributed by atoms with van der Waals surface area (Å²) >= 11 is 0. The molecule has 200 valence electrons. The van der Waals surface area contributed by atoms with Gasteiger partial charge in [-0.25, -0.2) is 0 Å². The zero-order valence-electron chi connectivity index (χ0n) is 24.3. The molecule has 3 aromatic carbocycles. The van der Waals surface area contributed by atoms with E-state index < -0.39 is 0 Å². The number of allylic oxidation sites excluding steroid dienone is 6. The van der Waals surface area contributed by atoms with E-state index in [1.165, 1.54) is 97.2 Å². The minimum Gasteiger partial charge on any atom is -0.0835 e. The lowest BCUT2D eigenvalue weighted by molar-refractivity contribution is 0.438. The number of hydrogen-bond acceptors (Lipinski definition) is 0. The van der Waals surface area contributed by atoms with Gasteiger partial charge in [0.25, 0.3) is 0 Å². The maximum Gasteiger partial charge on any atom is -0.00235 e. The van der Waals surface area contributed by atoms with Gasteiger partial charge in [-0.15, -0.1) is 0 Å². The highest BCUT2D eigenvalue weighted by molar-refractivity contribution is 6.18. The zero-order chi connectivity index (χ0) is 26.5. The van der Waals surface area contributed by atoms with Crippen molar-refractivity contribution in [2.75, 3.05) is 0 Å². The molecule has 39 heavy (non-hydrogen) atoms. The Morgan fingerprint density at radius 2 is 1.38 bits per heavy atom. The summed E-state index contributed by atoms with van der Waals surface area (Å²) in [6, 6.07) is 12.1. The molecule has 0 nitrogen and oxygen atoms in total. The van der Waals surface area contributed by atoms with Crippen LogP contribution in [0.3, 0.4) is 0 Å². The summed E-state index contributed by atoms with van der Waals surface area (Å²) in [5.41, 5.74) is 17.6. The van der Waals surface area contributed by atoms with Crippen LogP contribution in [-0.4, -0.2) is 0 Å². The predicted molar refractivity (Wildman–Crippen MR) is 170 cm³/mol. The van der Waals surface area contributed by atoms with Crippen molar-refractivity contribution in [2.45, 2.75) is 110 Å². The van der Waals surface area contributed by atoms with Crippen molar-refractivity contribution in [1.29, 1.82) is 0 Å². The quantitative estimate of drug-likeness (QED) is 0.250. The highest BCUT2D eigenvalue weighted by Crippen LogP contribution is 2.59. The minimum absolute atomic E-state index is 0.663. The standard InChI is InChI=1S/C39H44/c1-4-27-24-25(2)14-11-12-19-31-34(27)36(29-17-9-6-10-18-29)39-33-23-22-26(3)30-20-13-21-32(37(30)33)38(39)35(31)28-15-7-5-8-16-28/h4,11-14,20-23,28-29H,5-10,15-19,24H2,1-3H3/b12-11-,25-14-,27-4+. The van der Waals surface area contributed by atoms with Gasteiger partial charge in [-0.2, -0.15) is 0 Å². The fourth-order valence-electron chi connectivity index (χ4n) is 8.70. The van der Waals surface area contributed by atoms with Gasteiger partial charge in [0.1, 0.15) is 0 Å². The second-order valence-corrected chi connectivity index (χ2v) is 12.9. The molecule has 0 heterocycles. The second kappa shape index (κ2) is 10.3. The molecule has 4 aliphatic rings. The van der Waals surface area contributed by atoms with Crippen LogP contribution < -0.4 is 0 Å². The maximum absolute atomic E-state index is 2.49. The maximum atomic E-state index is 2.49. The van der Waals surface area contributed by atoms with E-state index >= 15 is 0 Å². The van der Waals surface area contributed by atoms with Crippen molar-refractivity contribution >= 4 is 16.3 Å². The van der Waals surface area contributed by atoms with Crippen LogP contribution >= 0.6 is 0 Å². The third-order valence-corrected chi connectivity index (χ3v) is 10.5. The summed E-state index contributed by atoms with van der Waals surface area (Å²) in [5.74, 6) is 1.34. The first-order valence-electron chi connectivity index (χ1n) is 15.9. The van der Waals surface area contributed by atoms with Gasteiger partial charge in [0.05, 0.1) is 0 Å². The molecule has 0 radical (unpaired) electrons. The molecule has 0 bridgehead atoms. The van der Waals surface area contributed by atoms with Gasteiger partial charge in [0.2, 0.25) is 0 Å². The largest absolute Gasteiger partial charge is 0.0835 e. The van der Waals surface area contributed by atoms with Crippen molar-refractivity contribution in [3.05, 3.63) is 88.0 Å². The van der Waals surface area contributed by atoms with Crippen LogP contribution in [0.4, 0.5) is 0 Å². The fourth-order valence-corrected chi connectivity index (χ4v) is 8.70. The Balaban J connectivity index is 1.65. The van der Waals surface area contributed by atoms with Gasteiger partial charge >= 0.3 is 0 Å². The first-order valence-corrected chi connectivity index (χ1v) is 15.9. The molecule has 0 aromatic heterocycles. The predicted octanol–water partition coefficient (Wildman–Crippen LogP) is 11.7. The van der Waals surface area contributed by atoms with Crippen LogP contribution in [0.1, 0.15) is 124 Å². The smallest absolute Gasteiger partial charge is 0.00235 e. The van der Waals surface area contributed by atoms with Crippen LogP contribution in [0, 0.1) is 6.92 Å². The lowest BCUT2D eigenvalue weighted by Crippen LogP contribution is -2.16. The lowest BCUT2D eigenvalue weighted by atomic mass is 9.69. The molecule has 0 N–H and O–H groups in total. The normalized spacial score (nSPS) is 23.1. The third-order valence-electron chi connectivity index (χ3n) is 10.5. The number of rotatable bonds is 2. The summed E-state index contributed by atoms with van der Waals surface area (Å²) in [6.07, 6.45) is 25.4. The first-order chi connectivity index (χ1) is 19.2. The SMILES string of the molecule is C/C=C1\C/C(C)=C\C=C/Cc2c1c(C1CCCCC1)c1c(c2C2CCCCC2)-c2cccc3c(C)ccc-1c23. The zero-order valence-corrected chi connectivity index (χ0v) is 24.3. The molecular formula is C39H44. The molecule has 3 aromatic rings. The average Bonchev–Trinajstić information content (AvgIpc) is 3.34. The lowest BCUT2D eigenvalue weighted by Gasteiger charge is -2.35. The highest BCUT2D eigenvalue weighted by atomic mass is 14.4. The second-order valence-electron chi connectivity index (χ2n) is 12.9. The molecular weight excluding hydrogens is 468 g/mol. The van der Waals surface area contributed by atoms with Crippen LogP contribution in [0.5, 0.6) is 0 Å². The molecule has 0 amide bonds. The molecule has 2 saturated carbocycles. The molecule has 0 saturated heterocycles. The van der Waals surface area contributed by atoms with Gasteiger partial charge in [0, 0.05) is 0 Å². The minimum atomic E-state index is 0.663. The number of hydrogen-bond donors (Lipinski definition) is 0. The molecule has 0 atom stereocenters. The van der Waals surface area contributed by atoms with E-state index in [9.17, 15) is 0 Å². The number of benzene rings is 3. The van der Waals surface area contributed by atoms with Crippen molar-refractivity contribution in [1.82, 2.24) is 0 Å². The Hall–Kier alpha value is -2.86. The van der Waals surface area contributed by atoms with E-state index in [1.54, 1.807) is 39.0 Å². The summed E-state index contributed by atoms with van der Waals surface area (Å²) in [5, 5.41) is 2.99. The van der Waals surface area contributed by atoms with Gasteiger partial charge in [0.15, 0.2) is 0 Å². The van der Waals surface area contributed by atoms with E-state index in [1.807, 2.05) is 0 Å².